The van der Waals surface area contributed by atoms with Crippen molar-refractivity contribution in [3.05, 3.63) is 52.3 Å². The molecule has 1 N–H and O–H groups in total. The monoisotopic (exact) mass is 512 g/mol. The lowest BCUT2D eigenvalue weighted by Gasteiger charge is -2.20. The second-order valence-electron chi connectivity index (χ2n) is 7.49. The molecule has 2 rings (SSSR count). The molecule has 0 aliphatic heterocycles. The molecule has 0 aliphatic rings. The highest BCUT2D eigenvalue weighted by molar-refractivity contribution is 7.98. The fourth-order valence-corrected chi connectivity index (χ4v) is 4.35. The number of aromatic nitrogens is 1. The number of hydrogen-bond donors (Lipinski definition) is 1. The summed E-state index contributed by atoms with van der Waals surface area (Å²) in [7, 11) is 0. The number of ether oxygens (including phenoxy) is 2. The molecule has 7 nitrogen and oxygen atoms in total. The van der Waals surface area contributed by atoms with E-state index in [1.807, 2.05) is 0 Å². The number of nitrogens with zero attached hydrogens (tertiary/aromatic N) is 1. The number of thioether (sulfide) groups is 1. The Labute approximate surface area is 205 Å². The fourth-order valence-electron chi connectivity index (χ4n) is 3.38. The van der Waals surface area contributed by atoms with Gasteiger partial charge in [0.2, 0.25) is 6.41 Å². The third-order valence-electron chi connectivity index (χ3n) is 4.85. The third-order valence-corrected chi connectivity index (χ3v) is 6.06. The van der Waals surface area contributed by atoms with Crippen molar-refractivity contribution < 1.29 is 37.0 Å². The van der Waals surface area contributed by atoms with E-state index in [0.717, 1.165) is 12.1 Å². The van der Waals surface area contributed by atoms with Gasteiger partial charge in [-0.05, 0) is 45.4 Å². The van der Waals surface area contributed by atoms with Crippen molar-refractivity contribution in [1.82, 2.24) is 10.3 Å². The van der Waals surface area contributed by atoms with Gasteiger partial charge in [0.05, 0.1) is 41.3 Å². The quantitative estimate of drug-likeness (QED) is 0.342. The molecule has 0 bridgehead atoms. The van der Waals surface area contributed by atoms with Crippen molar-refractivity contribution in [3.8, 4) is 11.1 Å². The number of halogens is 3. The number of carbonyl (C=O) groups is 3. The first-order valence-corrected chi connectivity index (χ1v) is 12.0. The Bertz CT molecular complexity index is 1080. The average molecular weight is 513 g/mol. The van der Waals surface area contributed by atoms with Crippen LogP contribution in [0.15, 0.2) is 24.3 Å². The summed E-state index contributed by atoms with van der Waals surface area (Å²) in [6.07, 6.45) is -4.05. The Hall–Kier alpha value is -3.08. The number of nitrogens with one attached hydrogen (secondary N) is 1. The Morgan fingerprint density at radius 3 is 2.34 bits per heavy atom. The molecular formula is C24H27F3N2O5S. The largest absolute Gasteiger partial charge is 0.462 e. The van der Waals surface area contributed by atoms with Gasteiger partial charge in [-0.1, -0.05) is 12.1 Å². The number of rotatable bonds is 11. The number of amides is 1. The molecule has 190 valence electrons. The maximum Gasteiger partial charge on any atom is 0.416 e. The Morgan fingerprint density at radius 1 is 1.14 bits per heavy atom. The van der Waals surface area contributed by atoms with Crippen LogP contribution in [0.5, 0.6) is 0 Å². The van der Waals surface area contributed by atoms with Crippen LogP contribution in [-0.2, 0) is 26.2 Å². The lowest BCUT2D eigenvalue weighted by Crippen LogP contribution is -2.26. The second kappa shape index (κ2) is 12.6. The summed E-state index contributed by atoms with van der Waals surface area (Å²) in [6.45, 7) is 6.55. The number of benzene rings is 1. The average Bonchev–Trinajstić information content (AvgIpc) is 2.78. The molecule has 11 heteroatoms. The van der Waals surface area contributed by atoms with Crippen LogP contribution in [0.25, 0.3) is 11.1 Å². The van der Waals surface area contributed by atoms with Crippen LogP contribution in [0.3, 0.4) is 0 Å². The van der Waals surface area contributed by atoms with Gasteiger partial charge in [-0.3, -0.25) is 9.78 Å². The van der Waals surface area contributed by atoms with Gasteiger partial charge in [0.25, 0.3) is 0 Å². The molecule has 1 aromatic heterocycles. The topological polar surface area (TPSA) is 94.6 Å². The SMILES string of the molecule is CCOC(=O)c1c(C)nc(CSCC(C)NC=O)c(C(=O)OCC)c1-c1cccc(C(F)(F)F)c1. The van der Waals surface area contributed by atoms with Gasteiger partial charge in [-0.15, -0.1) is 0 Å². The molecule has 1 aromatic carbocycles. The van der Waals surface area contributed by atoms with Crippen molar-refractivity contribution in [2.45, 2.75) is 45.7 Å². The van der Waals surface area contributed by atoms with Crippen molar-refractivity contribution >= 4 is 30.1 Å². The van der Waals surface area contributed by atoms with Crippen LogP contribution in [0.2, 0.25) is 0 Å². The van der Waals surface area contributed by atoms with E-state index < -0.39 is 23.7 Å². The van der Waals surface area contributed by atoms with Crippen LogP contribution in [0.1, 0.15) is 58.4 Å². The zero-order chi connectivity index (χ0) is 26.2. The molecule has 2 aromatic rings. The third kappa shape index (κ3) is 7.20. The number of esters is 2. The molecule has 35 heavy (non-hydrogen) atoms. The number of hydrogen-bond acceptors (Lipinski definition) is 7. The van der Waals surface area contributed by atoms with E-state index in [1.54, 1.807) is 20.8 Å². The van der Waals surface area contributed by atoms with Crippen molar-refractivity contribution in [2.24, 2.45) is 0 Å². The van der Waals surface area contributed by atoms with Crippen LogP contribution >= 0.6 is 11.8 Å². The molecule has 0 aliphatic carbocycles. The molecule has 0 fully saturated rings. The van der Waals surface area contributed by atoms with Gasteiger partial charge in [-0.2, -0.15) is 24.9 Å². The molecule has 1 amide bonds. The lowest BCUT2D eigenvalue weighted by molar-refractivity contribution is -0.137. The summed E-state index contributed by atoms with van der Waals surface area (Å²) in [4.78, 5) is 41.0. The summed E-state index contributed by atoms with van der Waals surface area (Å²) in [5.41, 5.74) is -0.668. The summed E-state index contributed by atoms with van der Waals surface area (Å²) in [5.74, 6) is -0.944. The summed E-state index contributed by atoms with van der Waals surface area (Å²) in [6, 6.07) is 4.23. The van der Waals surface area contributed by atoms with Gasteiger partial charge in [0.1, 0.15) is 0 Å². The number of carbonyl (C=O) groups excluding carboxylic acids is 3. The minimum absolute atomic E-state index is 0.0103. The smallest absolute Gasteiger partial charge is 0.416 e. The van der Waals surface area contributed by atoms with Crippen LogP contribution in [0, 0.1) is 6.92 Å². The van der Waals surface area contributed by atoms with Crippen LogP contribution in [0.4, 0.5) is 13.2 Å². The standard InChI is InChI=1S/C24H27F3N2O5S/c1-5-33-22(31)19-15(4)29-18(12-35-11-14(3)28-13-30)21(23(32)34-6-2)20(19)16-8-7-9-17(10-16)24(25,26)27/h7-10,13-14H,5-6,11-12H2,1-4H3,(H,28,30). The maximum atomic E-state index is 13.5. The predicted molar refractivity (Wildman–Crippen MR) is 126 cm³/mol. The Balaban J connectivity index is 2.79. The summed E-state index contributed by atoms with van der Waals surface area (Å²) < 4.78 is 50.8. The molecule has 1 atom stereocenters. The van der Waals surface area contributed by atoms with Gasteiger partial charge in [-0.25, -0.2) is 9.59 Å². The molecule has 1 heterocycles. The van der Waals surface area contributed by atoms with Crippen molar-refractivity contribution in [2.75, 3.05) is 19.0 Å². The van der Waals surface area contributed by atoms with Gasteiger partial charge in [0, 0.05) is 23.1 Å². The van der Waals surface area contributed by atoms with E-state index in [-0.39, 0.29) is 58.7 Å². The van der Waals surface area contributed by atoms with Crippen LogP contribution in [-0.4, -0.2) is 48.3 Å². The van der Waals surface area contributed by atoms with E-state index >= 15 is 0 Å². The maximum absolute atomic E-state index is 13.5. The summed E-state index contributed by atoms with van der Waals surface area (Å²) >= 11 is 1.36. The first-order valence-electron chi connectivity index (χ1n) is 10.9. The minimum atomic E-state index is -4.63. The molecule has 0 spiro atoms. The lowest BCUT2D eigenvalue weighted by atomic mass is 9.91. The van der Waals surface area contributed by atoms with E-state index in [1.165, 1.54) is 30.8 Å². The summed E-state index contributed by atoms with van der Waals surface area (Å²) in [5, 5.41) is 2.62. The van der Waals surface area contributed by atoms with E-state index in [2.05, 4.69) is 10.3 Å². The highest BCUT2D eigenvalue weighted by Gasteiger charge is 2.33. The van der Waals surface area contributed by atoms with Crippen molar-refractivity contribution in [1.29, 1.82) is 0 Å². The molecular weight excluding hydrogens is 485 g/mol. The van der Waals surface area contributed by atoms with Gasteiger partial charge >= 0.3 is 18.1 Å². The fraction of sp³-hybridized carbons (Fsp3) is 0.417. The molecule has 1 unspecified atom stereocenters. The highest BCUT2D eigenvalue weighted by Crippen LogP contribution is 2.37. The zero-order valence-electron chi connectivity index (χ0n) is 19.8. The highest BCUT2D eigenvalue weighted by atomic mass is 32.2. The number of aryl methyl sites for hydroxylation is 1. The Morgan fingerprint density at radius 2 is 1.77 bits per heavy atom. The predicted octanol–water partition coefficient (Wildman–Crippen LogP) is 4.80. The number of alkyl halides is 3. The zero-order valence-corrected chi connectivity index (χ0v) is 20.6. The van der Waals surface area contributed by atoms with Gasteiger partial charge in [0.15, 0.2) is 0 Å². The second-order valence-corrected chi connectivity index (χ2v) is 8.52. The van der Waals surface area contributed by atoms with E-state index in [4.69, 9.17) is 9.47 Å². The molecule has 0 saturated carbocycles. The van der Waals surface area contributed by atoms with Crippen LogP contribution < -0.4 is 5.32 Å². The number of pyridine rings is 1. The minimum Gasteiger partial charge on any atom is -0.462 e. The first-order chi connectivity index (χ1) is 16.5. The Kier molecular flexibility index (Phi) is 10.1. The van der Waals surface area contributed by atoms with Gasteiger partial charge < -0.3 is 14.8 Å². The van der Waals surface area contributed by atoms with E-state index in [0.29, 0.717) is 12.2 Å². The van der Waals surface area contributed by atoms with Crippen molar-refractivity contribution in [3.63, 3.8) is 0 Å². The first kappa shape index (κ1) is 28.2. The molecule has 0 saturated heterocycles. The molecule has 0 radical (unpaired) electrons. The normalized spacial score (nSPS) is 12.1. The van der Waals surface area contributed by atoms with E-state index in [9.17, 15) is 27.6 Å².